The van der Waals surface area contributed by atoms with Gasteiger partial charge in [-0.3, -0.25) is 9.58 Å². The van der Waals surface area contributed by atoms with Gasteiger partial charge in [0.25, 0.3) is 0 Å². The number of thioether (sulfide) groups is 1. The van der Waals surface area contributed by atoms with E-state index < -0.39 is 17.2 Å². The Hall–Kier alpha value is -6.03. The Bertz CT molecular complexity index is 2520. The van der Waals surface area contributed by atoms with Crippen molar-refractivity contribution in [3.05, 3.63) is 175 Å². The van der Waals surface area contributed by atoms with E-state index in [0.717, 1.165) is 60.5 Å². The zero-order valence-corrected chi connectivity index (χ0v) is 33.5. The van der Waals surface area contributed by atoms with Gasteiger partial charge in [0.15, 0.2) is 0 Å². The molecule has 7 nitrogen and oxygen atoms in total. The zero-order valence-electron chi connectivity index (χ0n) is 31.9. The Kier molecular flexibility index (Phi) is 10.1. The molecule has 0 unspecified atom stereocenters. The standard InChI is InChI=1S/C47H41N5O2S2/c1-46(2,3)54-45(53)51(4)37-24-21-32(22-25-37)43-39(33-23-26-40-38(29-33)44(49-31-48-40)41-27-28-42(55-5)56-41)30-52(50-43)47(34-15-9-6-10-16-34,35-17-11-7-12-18-35)36-19-13-8-14-20-36/h6-31H,1-5H3. The predicted octanol–water partition coefficient (Wildman–Crippen LogP) is 11.8. The molecule has 56 heavy (non-hydrogen) atoms. The fourth-order valence-electron chi connectivity index (χ4n) is 7.16. The molecule has 5 aromatic carbocycles. The molecule has 0 aliphatic carbocycles. The monoisotopic (exact) mass is 771 g/mol. The molecule has 0 saturated carbocycles. The molecule has 0 N–H and O–H groups in total. The summed E-state index contributed by atoms with van der Waals surface area (Å²) in [7, 11) is 1.72. The molecule has 0 spiro atoms. The van der Waals surface area contributed by atoms with E-state index in [9.17, 15) is 4.79 Å². The predicted molar refractivity (Wildman–Crippen MR) is 231 cm³/mol. The first-order valence-corrected chi connectivity index (χ1v) is 20.4. The van der Waals surface area contributed by atoms with Crippen LogP contribution >= 0.6 is 23.1 Å². The molecule has 0 radical (unpaired) electrons. The number of anilines is 1. The Morgan fingerprint density at radius 3 is 1.86 bits per heavy atom. The van der Waals surface area contributed by atoms with Crippen molar-refractivity contribution >= 4 is 45.8 Å². The summed E-state index contributed by atoms with van der Waals surface area (Å²) in [5.41, 5.74) is 7.88. The van der Waals surface area contributed by atoms with Gasteiger partial charge in [0.2, 0.25) is 0 Å². The topological polar surface area (TPSA) is 73.1 Å². The lowest BCUT2D eigenvalue weighted by Crippen LogP contribution is -2.38. The van der Waals surface area contributed by atoms with Crippen LogP contribution in [0.15, 0.2) is 162 Å². The van der Waals surface area contributed by atoms with E-state index in [-0.39, 0.29) is 0 Å². The summed E-state index contributed by atoms with van der Waals surface area (Å²) in [6, 6.07) is 50.2. The number of rotatable bonds is 9. The minimum Gasteiger partial charge on any atom is -0.443 e. The second-order valence-electron chi connectivity index (χ2n) is 14.5. The smallest absolute Gasteiger partial charge is 0.414 e. The number of amides is 1. The molecule has 3 aromatic heterocycles. The van der Waals surface area contributed by atoms with Crippen molar-refractivity contribution < 1.29 is 9.53 Å². The number of thiophene rings is 1. The third-order valence-electron chi connectivity index (χ3n) is 9.79. The Morgan fingerprint density at radius 1 is 0.714 bits per heavy atom. The van der Waals surface area contributed by atoms with Gasteiger partial charge < -0.3 is 4.74 Å². The van der Waals surface area contributed by atoms with Crippen molar-refractivity contribution in [2.75, 3.05) is 18.2 Å². The number of fused-ring (bicyclic) bond motifs is 1. The molecule has 1 amide bonds. The number of carbonyl (C=O) groups excluding carboxylic acids is 1. The molecule has 8 aromatic rings. The highest BCUT2D eigenvalue weighted by molar-refractivity contribution is 8.00. The van der Waals surface area contributed by atoms with E-state index in [1.54, 1.807) is 36.5 Å². The van der Waals surface area contributed by atoms with Crippen LogP contribution in [-0.2, 0) is 10.3 Å². The van der Waals surface area contributed by atoms with Gasteiger partial charge in [-0.1, -0.05) is 109 Å². The molecule has 3 heterocycles. The lowest BCUT2D eigenvalue weighted by Gasteiger charge is -2.36. The molecule has 0 bridgehead atoms. The summed E-state index contributed by atoms with van der Waals surface area (Å²) in [6.45, 7) is 5.59. The number of carbonyl (C=O) groups is 1. The fraction of sp³-hybridized carbons (Fsp3) is 0.149. The quantitative estimate of drug-likeness (QED) is 0.107. The second kappa shape index (κ2) is 15.2. The van der Waals surface area contributed by atoms with Crippen molar-refractivity contribution in [2.24, 2.45) is 0 Å². The van der Waals surface area contributed by atoms with E-state index in [2.05, 4.69) is 125 Å². The van der Waals surface area contributed by atoms with E-state index in [1.807, 2.05) is 63.2 Å². The number of ether oxygens (including phenoxy) is 1. The highest BCUT2D eigenvalue weighted by Crippen LogP contribution is 2.44. The molecule has 0 fully saturated rings. The van der Waals surface area contributed by atoms with Crippen LogP contribution in [-0.4, -0.2) is 44.7 Å². The average molecular weight is 772 g/mol. The van der Waals surface area contributed by atoms with Crippen LogP contribution in [0.3, 0.4) is 0 Å². The van der Waals surface area contributed by atoms with Crippen LogP contribution in [0.5, 0.6) is 0 Å². The third kappa shape index (κ3) is 7.00. The van der Waals surface area contributed by atoms with Gasteiger partial charge in [-0.15, -0.1) is 23.1 Å². The zero-order chi connectivity index (χ0) is 38.9. The number of hydrogen-bond donors (Lipinski definition) is 0. The first-order chi connectivity index (χ1) is 27.2. The van der Waals surface area contributed by atoms with E-state index in [0.29, 0.717) is 5.69 Å². The Balaban J connectivity index is 1.37. The highest BCUT2D eigenvalue weighted by atomic mass is 32.2. The minimum absolute atomic E-state index is 0.418. The van der Waals surface area contributed by atoms with Crippen molar-refractivity contribution in [3.8, 4) is 33.0 Å². The van der Waals surface area contributed by atoms with Crippen LogP contribution < -0.4 is 4.90 Å². The summed E-state index contributed by atoms with van der Waals surface area (Å²) < 4.78 is 9.01. The first kappa shape index (κ1) is 36.9. The van der Waals surface area contributed by atoms with Crippen molar-refractivity contribution in [2.45, 2.75) is 36.1 Å². The molecule has 278 valence electrons. The number of aromatic nitrogens is 4. The van der Waals surface area contributed by atoms with Crippen LogP contribution in [0.4, 0.5) is 10.5 Å². The minimum atomic E-state index is -0.829. The SMILES string of the molecule is CSc1ccc(-c2ncnc3ccc(-c4cn(C(c5ccccc5)(c5ccccc5)c5ccccc5)nc4-c4ccc(N(C)C(=O)OC(C)(C)C)cc4)cc23)s1. The second-order valence-corrected chi connectivity index (χ2v) is 16.7. The molecular weight excluding hydrogens is 731 g/mol. The maximum absolute atomic E-state index is 13.0. The van der Waals surface area contributed by atoms with Crippen molar-refractivity contribution in [1.82, 2.24) is 19.7 Å². The van der Waals surface area contributed by atoms with E-state index >= 15 is 0 Å². The molecule has 9 heteroatoms. The average Bonchev–Trinajstić information content (AvgIpc) is 3.90. The lowest BCUT2D eigenvalue weighted by atomic mass is 9.77. The number of hydrogen-bond acceptors (Lipinski definition) is 7. The maximum Gasteiger partial charge on any atom is 0.414 e. The number of nitrogens with zero attached hydrogens (tertiary/aromatic N) is 5. The van der Waals surface area contributed by atoms with Gasteiger partial charge in [-0.05, 0) is 85.7 Å². The van der Waals surface area contributed by atoms with E-state index in [1.165, 1.54) is 9.11 Å². The van der Waals surface area contributed by atoms with Gasteiger partial charge in [-0.25, -0.2) is 14.8 Å². The third-order valence-corrected chi connectivity index (χ3v) is 12.0. The Labute approximate surface area is 335 Å². The summed E-state index contributed by atoms with van der Waals surface area (Å²) in [6.07, 6.45) is 5.49. The van der Waals surface area contributed by atoms with Crippen molar-refractivity contribution in [3.63, 3.8) is 0 Å². The molecule has 8 rings (SSSR count). The largest absolute Gasteiger partial charge is 0.443 e. The summed E-state index contributed by atoms with van der Waals surface area (Å²) in [4.78, 5) is 25.1. The summed E-state index contributed by atoms with van der Waals surface area (Å²) in [5.74, 6) is 0. The van der Waals surface area contributed by atoms with Gasteiger partial charge in [0.1, 0.15) is 23.2 Å². The fourth-order valence-corrected chi connectivity index (χ4v) is 8.72. The van der Waals surface area contributed by atoms with Crippen LogP contribution in [0.25, 0.3) is 43.9 Å². The van der Waals surface area contributed by atoms with Gasteiger partial charge in [0.05, 0.1) is 20.3 Å². The number of benzene rings is 5. The molecular formula is C47H41N5O2S2. The normalized spacial score (nSPS) is 11.8. The molecule has 0 aliphatic heterocycles. The van der Waals surface area contributed by atoms with Crippen LogP contribution in [0.2, 0.25) is 0 Å². The molecule has 0 saturated heterocycles. The maximum atomic E-state index is 13.0. The van der Waals surface area contributed by atoms with Crippen LogP contribution in [0.1, 0.15) is 37.5 Å². The van der Waals surface area contributed by atoms with Gasteiger partial charge in [0, 0.05) is 35.4 Å². The van der Waals surface area contributed by atoms with E-state index in [4.69, 9.17) is 14.8 Å². The van der Waals surface area contributed by atoms with Gasteiger partial charge in [-0.2, -0.15) is 5.10 Å². The molecule has 0 atom stereocenters. The first-order valence-electron chi connectivity index (χ1n) is 18.4. The lowest BCUT2D eigenvalue weighted by molar-refractivity contribution is 0.0589. The van der Waals surface area contributed by atoms with Crippen molar-refractivity contribution in [1.29, 1.82) is 0 Å². The summed E-state index contributed by atoms with van der Waals surface area (Å²) in [5, 5.41) is 6.54. The van der Waals surface area contributed by atoms with Crippen LogP contribution in [0, 0.1) is 0 Å². The van der Waals surface area contributed by atoms with Gasteiger partial charge >= 0.3 is 6.09 Å². The highest BCUT2D eigenvalue weighted by Gasteiger charge is 2.40. The molecule has 0 aliphatic rings. The summed E-state index contributed by atoms with van der Waals surface area (Å²) >= 11 is 3.46. The Morgan fingerprint density at radius 2 is 1.30 bits per heavy atom.